The van der Waals surface area contributed by atoms with Crippen molar-refractivity contribution in [1.29, 1.82) is 0 Å². The lowest BCUT2D eigenvalue weighted by Crippen LogP contribution is -2.36. The molecular formula is C17H18N10O. The van der Waals surface area contributed by atoms with Gasteiger partial charge in [-0.15, -0.1) is 5.10 Å². The second-order valence-corrected chi connectivity index (χ2v) is 6.84. The first kappa shape index (κ1) is 16.5. The number of H-pyrrole nitrogens is 1. The summed E-state index contributed by atoms with van der Waals surface area (Å²) in [6.45, 7) is 4.54. The molecule has 11 nitrogen and oxygen atoms in total. The van der Waals surface area contributed by atoms with Crippen LogP contribution in [-0.4, -0.2) is 57.5 Å². The molecule has 0 aliphatic carbocycles. The van der Waals surface area contributed by atoms with Gasteiger partial charge in [0.15, 0.2) is 11.5 Å². The number of nitrogens with one attached hydrogen (secondary N) is 1. The number of carbonyl (C=O) groups is 1. The smallest absolute Gasteiger partial charge is 0.231 e. The SMILES string of the molecule is Cc1nn(-c2cncc3nnnn23)c(C)c1CC(=O)N1CCCc2[nH]ncc21. The Hall–Kier alpha value is -3.63. The third-order valence-electron chi connectivity index (χ3n) is 5.17. The van der Waals surface area contributed by atoms with Crippen molar-refractivity contribution in [3.63, 3.8) is 0 Å². The average molecular weight is 378 g/mol. The highest BCUT2D eigenvalue weighted by atomic mass is 16.2. The molecule has 0 radical (unpaired) electrons. The van der Waals surface area contributed by atoms with Gasteiger partial charge in [0.1, 0.15) is 0 Å². The summed E-state index contributed by atoms with van der Waals surface area (Å²) in [6, 6.07) is 0. The van der Waals surface area contributed by atoms with E-state index in [9.17, 15) is 4.79 Å². The molecule has 1 aliphatic heterocycles. The molecule has 0 saturated carbocycles. The summed E-state index contributed by atoms with van der Waals surface area (Å²) < 4.78 is 3.30. The summed E-state index contributed by atoms with van der Waals surface area (Å²) >= 11 is 0. The van der Waals surface area contributed by atoms with Gasteiger partial charge >= 0.3 is 0 Å². The highest BCUT2D eigenvalue weighted by Crippen LogP contribution is 2.26. The van der Waals surface area contributed by atoms with Crippen LogP contribution < -0.4 is 4.90 Å². The molecule has 0 bridgehead atoms. The van der Waals surface area contributed by atoms with Crippen LogP contribution in [0.1, 0.15) is 29.1 Å². The molecule has 11 heteroatoms. The van der Waals surface area contributed by atoms with Crippen LogP contribution in [0.4, 0.5) is 5.69 Å². The van der Waals surface area contributed by atoms with Crippen molar-refractivity contribution in [2.45, 2.75) is 33.1 Å². The van der Waals surface area contributed by atoms with Crippen molar-refractivity contribution < 1.29 is 4.79 Å². The van der Waals surface area contributed by atoms with Crippen molar-refractivity contribution in [3.8, 4) is 5.82 Å². The zero-order valence-electron chi connectivity index (χ0n) is 15.5. The largest absolute Gasteiger partial charge is 0.309 e. The Kier molecular flexibility index (Phi) is 3.67. The van der Waals surface area contributed by atoms with E-state index in [1.807, 2.05) is 18.7 Å². The first-order valence-corrected chi connectivity index (χ1v) is 9.03. The van der Waals surface area contributed by atoms with Crippen LogP contribution in [0.3, 0.4) is 0 Å². The van der Waals surface area contributed by atoms with Gasteiger partial charge in [0, 0.05) is 17.8 Å². The Bertz CT molecular complexity index is 1190. The van der Waals surface area contributed by atoms with E-state index in [-0.39, 0.29) is 12.3 Å². The molecule has 28 heavy (non-hydrogen) atoms. The van der Waals surface area contributed by atoms with E-state index in [4.69, 9.17) is 0 Å². The second-order valence-electron chi connectivity index (χ2n) is 6.84. The molecule has 5 rings (SSSR count). The van der Waals surface area contributed by atoms with Gasteiger partial charge < -0.3 is 4.90 Å². The predicted molar refractivity (Wildman–Crippen MR) is 98.1 cm³/mol. The normalized spacial score (nSPS) is 13.9. The first-order chi connectivity index (χ1) is 13.6. The minimum absolute atomic E-state index is 0.0341. The van der Waals surface area contributed by atoms with Gasteiger partial charge in [-0.1, -0.05) is 0 Å². The number of aromatic nitrogens is 9. The highest BCUT2D eigenvalue weighted by Gasteiger charge is 2.26. The predicted octanol–water partition coefficient (Wildman–Crippen LogP) is 0.567. The van der Waals surface area contributed by atoms with Crippen LogP contribution in [0.15, 0.2) is 18.6 Å². The third-order valence-corrected chi connectivity index (χ3v) is 5.17. The van der Waals surface area contributed by atoms with Gasteiger partial charge in [-0.05, 0) is 37.1 Å². The maximum atomic E-state index is 13.0. The Morgan fingerprint density at radius 2 is 2.14 bits per heavy atom. The summed E-state index contributed by atoms with van der Waals surface area (Å²) in [5.74, 6) is 0.656. The van der Waals surface area contributed by atoms with Gasteiger partial charge in [-0.3, -0.25) is 14.9 Å². The molecule has 0 aromatic carbocycles. The van der Waals surface area contributed by atoms with E-state index >= 15 is 0 Å². The number of carbonyl (C=O) groups excluding carboxylic acids is 1. The first-order valence-electron chi connectivity index (χ1n) is 9.03. The molecule has 0 atom stereocenters. The molecule has 0 saturated heterocycles. The molecule has 1 aliphatic rings. The summed E-state index contributed by atoms with van der Waals surface area (Å²) in [5.41, 5.74) is 4.97. The highest BCUT2D eigenvalue weighted by molar-refractivity contribution is 5.95. The number of rotatable bonds is 3. The molecule has 4 aromatic heterocycles. The van der Waals surface area contributed by atoms with Crippen molar-refractivity contribution in [2.75, 3.05) is 11.4 Å². The molecule has 0 fully saturated rings. The van der Waals surface area contributed by atoms with Crippen LogP contribution in [-0.2, 0) is 17.6 Å². The number of aryl methyl sites for hydroxylation is 2. The van der Waals surface area contributed by atoms with E-state index in [2.05, 4.69) is 35.8 Å². The van der Waals surface area contributed by atoms with E-state index in [1.54, 1.807) is 27.8 Å². The number of aromatic amines is 1. The monoisotopic (exact) mass is 378 g/mol. The van der Waals surface area contributed by atoms with E-state index < -0.39 is 0 Å². The molecule has 142 valence electrons. The number of fused-ring (bicyclic) bond motifs is 2. The molecule has 0 spiro atoms. The van der Waals surface area contributed by atoms with Crippen LogP contribution in [0.5, 0.6) is 0 Å². The lowest BCUT2D eigenvalue weighted by atomic mass is 10.1. The van der Waals surface area contributed by atoms with E-state index in [0.29, 0.717) is 18.0 Å². The quantitative estimate of drug-likeness (QED) is 0.553. The third kappa shape index (κ3) is 2.47. The van der Waals surface area contributed by atoms with Crippen LogP contribution in [0.2, 0.25) is 0 Å². The van der Waals surface area contributed by atoms with Crippen molar-refractivity contribution in [2.24, 2.45) is 0 Å². The van der Waals surface area contributed by atoms with Crippen LogP contribution >= 0.6 is 0 Å². The Balaban J connectivity index is 1.49. The molecule has 0 unspecified atom stereocenters. The zero-order valence-corrected chi connectivity index (χ0v) is 15.5. The Morgan fingerprint density at radius 1 is 1.25 bits per heavy atom. The lowest BCUT2D eigenvalue weighted by Gasteiger charge is -2.26. The Labute approximate surface area is 159 Å². The van der Waals surface area contributed by atoms with Gasteiger partial charge in [-0.25, -0.2) is 4.68 Å². The molecule has 1 amide bonds. The topological polar surface area (TPSA) is 123 Å². The second kappa shape index (κ2) is 6.22. The molecule has 4 aromatic rings. The maximum Gasteiger partial charge on any atom is 0.231 e. The van der Waals surface area contributed by atoms with Gasteiger partial charge in [0.05, 0.1) is 42.1 Å². The molecular weight excluding hydrogens is 360 g/mol. The van der Waals surface area contributed by atoms with E-state index in [0.717, 1.165) is 41.2 Å². The van der Waals surface area contributed by atoms with Crippen LogP contribution in [0.25, 0.3) is 11.5 Å². The van der Waals surface area contributed by atoms with Crippen molar-refractivity contribution in [3.05, 3.63) is 41.2 Å². The molecule has 1 N–H and O–H groups in total. The number of hydrogen-bond acceptors (Lipinski definition) is 7. The van der Waals surface area contributed by atoms with Crippen molar-refractivity contribution >= 4 is 17.2 Å². The minimum Gasteiger partial charge on any atom is -0.309 e. The van der Waals surface area contributed by atoms with Gasteiger partial charge in [0.25, 0.3) is 0 Å². The van der Waals surface area contributed by atoms with Gasteiger partial charge in [0.2, 0.25) is 5.91 Å². The number of nitrogens with zero attached hydrogens (tertiary/aromatic N) is 9. The van der Waals surface area contributed by atoms with E-state index in [1.165, 1.54) is 0 Å². The summed E-state index contributed by atoms with van der Waals surface area (Å²) in [6.07, 6.45) is 7.05. The summed E-state index contributed by atoms with van der Waals surface area (Å²) in [4.78, 5) is 19.0. The van der Waals surface area contributed by atoms with Crippen LogP contribution in [0, 0.1) is 13.8 Å². The lowest BCUT2D eigenvalue weighted by molar-refractivity contribution is -0.118. The number of amides is 1. The maximum absolute atomic E-state index is 13.0. The zero-order chi connectivity index (χ0) is 19.3. The van der Waals surface area contributed by atoms with Gasteiger partial charge in [-0.2, -0.15) is 14.7 Å². The number of anilines is 1. The minimum atomic E-state index is 0.0341. The number of hydrogen-bond donors (Lipinski definition) is 1. The molecule has 5 heterocycles. The van der Waals surface area contributed by atoms with Crippen molar-refractivity contribution in [1.82, 2.24) is 45.0 Å². The fraction of sp³-hybridized carbons (Fsp3) is 0.353. The Morgan fingerprint density at radius 3 is 3.04 bits per heavy atom. The summed E-state index contributed by atoms with van der Waals surface area (Å²) in [7, 11) is 0. The fourth-order valence-corrected chi connectivity index (χ4v) is 3.72. The number of tetrazole rings is 1. The summed E-state index contributed by atoms with van der Waals surface area (Å²) in [5, 5.41) is 23.3. The fourth-order valence-electron chi connectivity index (χ4n) is 3.72. The average Bonchev–Trinajstić information content (AvgIpc) is 3.42. The standard InChI is InChI=1S/C17H18N10O/c1-10-12(6-17(28)25-5-3-4-13-14(25)7-19-20-13)11(2)26(22-10)16-9-18-8-15-21-23-24-27(15)16/h7-9H,3-6H2,1-2H3,(H,19,20).